The third-order valence-electron chi connectivity index (χ3n) is 1.06. The summed E-state index contributed by atoms with van der Waals surface area (Å²) in [6.07, 6.45) is -1.61. The van der Waals surface area contributed by atoms with Crippen LogP contribution in [0.2, 0.25) is 0 Å². The van der Waals surface area contributed by atoms with Gasteiger partial charge in [0.1, 0.15) is 0 Å². The van der Waals surface area contributed by atoms with E-state index in [1.165, 1.54) is 0 Å². The molecule has 9 heavy (non-hydrogen) atoms. The number of benzene rings is 1. The first-order chi connectivity index (χ1) is 5.17. The Balaban J connectivity index is 2.93. The molecule has 1 aromatic rings. The van der Waals surface area contributed by atoms with E-state index >= 15 is 0 Å². The highest BCUT2D eigenvalue weighted by Gasteiger charge is 1.85. The van der Waals surface area contributed by atoms with Gasteiger partial charge in [-0.1, -0.05) is 30.3 Å². The third-order valence-corrected chi connectivity index (χ3v) is 1.06. The maximum Gasteiger partial charge on any atom is 0.0471 e. The quantitative estimate of drug-likeness (QED) is 0.628. The molecular weight excluding hydrogens is 112 g/mol. The van der Waals surface area contributed by atoms with Crippen LogP contribution < -0.4 is 0 Å². The lowest BCUT2D eigenvalue weighted by atomic mass is 10.2. The minimum atomic E-state index is -1.61. The predicted octanol–water partition coefficient (Wildman–Crippen LogP) is 1.22. The summed E-state index contributed by atoms with van der Waals surface area (Å²) in [4.78, 5) is 0. The molecule has 0 amide bonds. The van der Waals surface area contributed by atoms with E-state index in [0.717, 1.165) is 0 Å². The fraction of sp³-hybridized carbons (Fsp3) is 0.250. The van der Waals surface area contributed by atoms with Crippen LogP contribution in [0.3, 0.4) is 0 Å². The minimum Gasteiger partial charge on any atom is -0.396 e. The molecule has 0 saturated heterocycles. The summed E-state index contributed by atoms with van der Waals surface area (Å²) >= 11 is 0. The molecule has 0 aromatic heterocycles. The van der Waals surface area contributed by atoms with Crippen LogP contribution in [0, 0.1) is 0 Å². The van der Waals surface area contributed by atoms with Gasteiger partial charge in [0.15, 0.2) is 0 Å². The van der Waals surface area contributed by atoms with Crippen molar-refractivity contribution in [3.63, 3.8) is 0 Å². The van der Waals surface area contributed by atoms with Gasteiger partial charge in [0, 0.05) is 9.35 Å². The second-order valence-electron chi connectivity index (χ2n) is 1.70. The normalized spacial score (nSPS) is 14.3. The van der Waals surface area contributed by atoms with Gasteiger partial charge in [-0.2, -0.15) is 0 Å². The molecule has 1 nitrogen and oxygen atoms in total. The Morgan fingerprint density at radius 2 is 2.00 bits per heavy atom. The maximum atomic E-state index is 8.67. The van der Waals surface area contributed by atoms with E-state index in [4.69, 9.17) is 7.85 Å². The van der Waals surface area contributed by atoms with Gasteiger partial charge in [-0.15, -0.1) is 0 Å². The molecule has 0 unspecified atom stereocenters. The van der Waals surface area contributed by atoms with Crippen LogP contribution in [0.1, 0.15) is 8.30 Å². The van der Waals surface area contributed by atoms with Crippen LogP contribution >= 0.6 is 0 Å². The lowest BCUT2D eigenvalue weighted by molar-refractivity contribution is 0.299. The van der Waals surface area contributed by atoms with E-state index < -0.39 is 13.0 Å². The average molecular weight is 124 g/mol. The molecule has 0 bridgehead atoms. The van der Waals surface area contributed by atoms with Crippen molar-refractivity contribution >= 4 is 0 Å². The van der Waals surface area contributed by atoms with E-state index in [-0.39, 0.29) is 0 Å². The Bertz CT molecular complexity index is 221. The zero-order valence-electron chi connectivity index (χ0n) is 7.04. The van der Waals surface area contributed by atoms with Gasteiger partial charge >= 0.3 is 0 Å². The van der Waals surface area contributed by atoms with Crippen molar-refractivity contribution in [2.75, 3.05) is 6.61 Å². The fourth-order valence-corrected chi connectivity index (χ4v) is 0.647. The van der Waals surface area contributed by atoms with Crippen molar-refractivity contribution in [1.29, 1.82) is 0 Å². The van der Waals surface area contributed by atoms with Gasteiger partial charge < -0.3 is 5.11 Å². The molecule has 0 radical (unpaired) electrons. The molecule has 0 aliphatic rings. The second kappa shape index (κ2) is 3.25. The molecule has 48 valence electrons. The van der Waals surface area contributed by atoms with Gasteiger partial charge in [-0.25, -0.2) is 0 Å². The van der Waals surface area contributed by atoms with Crippen LogP contribution in [0.5, 0.6) is 0 Å². The summed E-state index contributed by atoms with van der Waals surface area (Å²) in [6.45, 7) is -0.475. The molecule has 1 N–H and O–H groups in total. The zero-order valence-corrected chi connectivity index (χ0v) is 5.04. The molecule has 1 heteroatoms. The summed E-state index contributed by atoms with van der Waals surface area (Å²) in [6, 6.07) is 8.65. The summed E-state index contributed by atoms with van der Waals surface area (Å²) in [5.74, 6) is 0. The van der Waals surface area contributed by atoms with Crippen LogP contribution in [0.15, 0.2) is 30.3 Å². The highest BCUT2D eigenvalue weighted by molar-refractivity contribution is 5.14. The van der Waals surface area contributed by atoms with Gasteiger partial charge in [0.25, 0.3) is 0 Å². The Morgan fingerprint density at radius 1 is 1.33 bits per heavy atom. The first-order valence-corrected chi connectivity index (χ1v) is 2.83. The summed E-state index contributed by atoms with van der Waals surface area (Å²) in [5.41, 5.74) is 0.516. The monoisotopic (exact) mass is 124 g/mol. The highest BCUT2D eigenvalue weighted by atomic mass is 16.2. The highest BCUT2D eigenvalue weighted by Crippen LogP contribution is 1.97. The van der Waals surface area contributed by atoms with E-state index in [1.807, 2.05) is 6.07 Å². The zero-order chi connectivity index (χ0) is 8.32. The van der Waals surface area contributed by atoms with E-state index in [1.54, 1.807) is 24.3 Å². The third kappa shape index (κ3) is 1.86. The van der Waals surface area contributed by atoms with E-state index in [9.17, 15) is 0 Å². The van der Waals surface area contributed by atoms with Crippen LogP contribution in [-0.4, -0.2) is 11.7 Å². The van der Waals surface area contributed by atoms with E-state index in [2.05, 4.69) is 0 Å². The number of aliphatic hydroxyl groups excluding tert-OH is 1. The van der Waals surface area contributed by atoms with Gasteiger partial charge in [0.2, 0.25) is 0 Å². The second-order valence-corrected chi connectivity index (χ2v) is 1.70. The number of aliphatic hydroxyl groups is 1. The Labute approximate surface area is 57.8 Å². The molecule has 1 aromatic carbocycles. The van der Waals surface area contributed by atoms with E-state index in [0.29, 0.717) is 5.56 Å². The average Bonchev–Trinajstić information content (AvgIpc) is 2.06. The Hall–Kier alpha value is -0.820. The first kappa shape index (κ1) is 4.07. The first-order valence-electron chi connectivity index (χ1n) is 3.83. The molecule has 0 aliphatic heterocycles. The van der Waals surface area contributed by atoms with Crippen LogP contribution in [-0.2, 0) is 6.37 Å². The molecule has 0 aliphatic carbocycles. The summed E-state index contributed by atoms with van der Waals surface area (Å²) in [7, 11) is 0. The van der Waals surface area contributed by atoms with Crippen molar-refractivity contribution in [1.82, 2.24) is 0 Å². The Morgan fingerprint density at radius 3 is 2.56 bits per heavy atom. The van der Waals surface area contributed by atoms with Crippen molar-refractivity contribution in [2.45, 2.75) is 6.37 Å². The smallest absolute Gasteiger partial charge is 0.0471 e. The van der Waals surface area contributed by atoms with Gasteiger partial charge in [-0.05, 0) is 11.9 Å². The standard InChI is InChI=1S/C8H10O/c9-7-6-8-4-2-1-3-5-8/h1-5,9H,6-7H2/i6D2. The molecule has 0 atom stereocenters. The summed E-state index contributed by atoms with van der Waals surface area (Å²) < 4.78 is 14.7. The van der Waals surface area contributed by atoms with Crippen molar-refractivity contribution in [3.05, 3.63) is 35.9 Å². The number of hydrogen-bond acceptors (Lipinski definition) is 1. The topological polar surface area (TPSA) is 20.2 Å². The van der Waals surface area contributed by atoms with Gasteiger partial charge in [-0.3, -0.25) is 0 Å². The molecule has 1 rings (SSSR count). The summed E-state index contributed by atoms with van der Waals surface area (Å²) in [5, 5.41) is 8.67. The van der Waals surface area contributed by atoms with Crippen LogP contribution in [0.25, 0.3) is 0 Å². The van der Waals surface area contributed by atoms with Crippen molar-refractivity contribution < 1.29 is 7.85 Å². The Kier molecular flexibility index (Phi) is 1.47. The van der Waals surface area contributed by atoms with Gasteiger partial charge in [0.05, 0.1) is 0 Å². The predicted molar refractivity (Wildman–Crippen MR) is 37.2 cm³/mol. The maximum absolute atomic E-state index is 8.67. The largest absolute Gasteiger partial charge is 0.396 e. The molecular formula is C8H10O. The lowest BCUT2D eigenvalue weighted by Crippen LogP contribution is -1.88. The van der Waals surface area contributed by atoms with Crippen LogP contribution in [0.4, 0.5) is 0 Å². The minimum absolute atomic E-state index is 0.475. The number of hydrogen-bond donors (Lipinski definition) is 1. The number of rotatable bonds is 2. The van der Waals surface area contributed by atoms with Crippen molar-refractivity contribution in [2.24, 2.45) is 0 Å². The molecule has 0 heterocycles. The molecule has 0 spiro atoms. The fourth-order valence-electron chi connectivity index (χ4n) is 0.647. The lowest BCUT2D eigenvalue weighted by Gasteiger charge is -1.93. The van der Waals surface area contributed by atoms with Crippen molar-refractivity contribution in [3.8, 4) is 0 Å². The SMILES string of the molecule is [2H]C([2H])(CO)c1ccccc1. The molecule has 0 saturated carbocycles. The molecule has 0 fully saturated rings.